The smallest absolute Gasteiger partial charge is 0.287 e. The third kappa shape index (κ3) is 3.10. The van der Waals surface area contributed by atoms with E-state index in [-0.39, 0.29) is 6.42 Å². The Morgan fingerprint density at radius 1 is 1.23 bits per heavy atom. The standard InChI is InChI=1S/C17H16F3N3O3/c1-16(2)9-14(24)21-22(16)15(17(18,19)20)12-7-10-5-3-4-6-11(10)8-13(12)23(25)26/h3-8,15H,9H2,1-2H3,(H,21,24). The van der Waals surface area contributed by atoms with E-state index in [0.29, 0.717) is 10.8 Å². The number of hydrazine groups is 1. The van der Waals surface area contributed by atoms with Crippen molar-refractivity contribution < 1.29 is 22.9 Å². The molecule has 0 spiro atoms. The molecule has 0 aromatic heterocycles. The van der Waals surface area contributed by atoms with Gasteiger partial charge >= 0.3 is 6.18 Å². The third-order valence-electron chi connectivity index (χ3n) is 4.45. The highest BCUT2D eigenvalue weighted by molar-refractivity contribution is 5.86. The van der Waals surface area contributed by atoms with Crippen molar-refractivity contribution in [3.8, 4) is 0 Å². The fraction of sp³-hybridized carbons (Fsp3) is 0.353. The van der Waals surface area contributed by atoms with Crippen LogP contribution >= 0.6 is 0 Å². The van der Waals surface area contributed by atoms with E-state index in [0.717, 1.165) is 11.1 Å². The second-order valence-corrected chi connectivity index (χ2v) is 6.85. The highest BCUT2D eigenvalue weighted by Crippen LogP contribution is 2.46. The first kappa shape index (κ1) is 18.1. The fourth-order valence-electron chi connectivity index (χ4n) is 3.30. The zero-order valence-corrected chi connectivity index (χ0v) is 14.0. The Balaban J connectivity index is 2.26. The minimum atomic E-state index is -4.83. The maximum atomic E-state index is 14.0. The van der Waals surface area contributed by atoms with E-state index in [1.807, 2.05) is 0 Å². The lowest BCUT2D eigenvalue weighted by molar-refractivity contribution is -0.386. The van der Waals surface area contributed by atoms with Gasteiger partial charge in [-0.1, -0.05) is 24.3 Å². The van der Waals surface area contributed by atoms with Crippen LogP contribution in [0.1, 0.15) is 31.9 Å². The average molecular weight is 367 g/mol. The minimum Gasteiger partial charge on any atom is -0.287 e. The van der Waals surface area contributed by atoms with Gasteiger partial charge in [-0.25, -0.2) is 0 Å². The number of alkyl halides is 3. The number of rotatable bonds is 3. The van der Waals surface area contributed by atoms with Crippen LogP contribution in [0.4, 0.5) is 18.9 Å². The van der Waals surface area contributed by atoms with Crippen LogP contribution < -0.4 is 5.43 Å². The van der Waals surface area contributed by atoms with Gasteiger partial charge in [-0.05, 0) is 30.7 Å². The van der Waals surface area contributed by atoms with Crippen molar-refractivity contribution in [2.24, 2.45) is 0 Å². The molecule has 3 rings (SSSR count). The molecule has 1 fully saturated rings. The summed E-state index contributed by atoms with van der Waals surface area (Å²) in [6.07, 6.45) is -4.97. The second-order valence-electron chi connectivity index (χ2n) is 6.85. The van der Waals surface area contributed by atoms with Gasteiger partial charge in [-0.15, -0.1) is 0 Å². The van der Waals surface area contributed by atoms with Crippen molar-refractivity contribution >= 4 is 22.4 Å². The number of benzene rings is 2. The van der Waals surface area contributed by atoms with Crippen LogP contribution in [-0.4, -0.2) is 27.6 Å². The Labute approximate surface area is 146 Å². The lowest BCUT2D eigenvalue weighted by Gasteiger charge is -2.37. The topological polar surface area (TPSA) is 75.5 Å². The molecule has 9 heteroatoms. The van der Waals surface area contributed by atoms with Crippen LogP contribution in [0.2, 0.25) is 0 Å². The number of halogens is 3. The summed E-state index contributed by atoms with van der Waals surface area (Å²) in [6, 6.07) is 6.44. The first-order valence-corrected chi connectivity index (χ1v) is 7.83. The van der Waals surface area contributed by atoms with Crippen LogP contribution in [-0.2, 0) is 4.79 Å². The van der Waals surface area contributed by atoms with Gasteiger partial charge in [0.25, 0.3) is 5.69 Å². The van der Waals surface area contributed by atoms with E-state index in [4.69, 9.17) is 0 Å². The minimum absolute atomic E-state index is 0.138. The van der Waals surface area contributed by atoms with Crippen molar-refractivity contribution in [2.45, 2.75) is 38.0 Å². The summed E-state index contributed by atoms with van der Waals surface area (Å²) < 4.78 is 41.9. The van der Waals surface area contributed by atoms with E-state index in [1.54, 1.807) is 24.3 Å². The molecule has 1 aliphatic heterocycles. The van der Waals surface area contributed by atoms with Crippen LogP contribution in [0.15, 0.2) is 36.4 Å². The molecule has 0 saturated carbocycles. The number of nitro groups is 1. The molecule has 6 nitrogen and oxygen atoms in total. The molecular formula is C17H16F3N3O3. The maximum absolute atomic E-state index is 14.0. The molecule has 0 radical (unpaired) electrons. The zero-order chi connectivity index (χ0) is 19.3. The predicted octanol–water partition coefficient (Wildman–Crippen LogP) is 3.87. The normalized spacial score (nSPS) is 18.7. The van der Waals surface area contributed by atoms with Crippen molar-refractivity contribution in [1.82, 2.24) is 10.4 Å². The quantitative estimate of drug-likeness (QED) is 0.660. The lowest BCUT2D eigenvalue weighted by Crippen LogP contribution is -2.51. The molecule has 1 atom stereocenters. The van der Waals surface area contributed by atoms with Crippen LogP contribution in [0, 0.1) is 10.1 Å². The van der Waals surface area contributed by atoms with E-state index >= 15 is 0 Å². The van der Waals surface area contributed by atoms with E-state index in [1.165, 1.54) is 19.9 Å². The number of fused-ring (bicyclic) bond motifs is 1. The number of hydrogen-bond donors (Lipinski definition) is 1. The summed E-state index contributed by atoms with van der Waals surface area (Å²) in [6.45, 7) is 2.97. The van der Waals surface area contributed by atoms with Gasteiger partial charge in [0.1, 0.15) is 0 Å². The summed E-state index contributed by atoms with van der Waals surface area (Å²) in [5.74, 6) is -0.562. The molecule has 2 aromatic rings. The molecule has 1 saturated heterocycles. The van der Waals surface area contributed by atoms with Gasteiger partial charge < -0.3 is 0 Å². The number of hydrogen-bond acceptors (Lipinski definition) is 4. The number of amides is 1. The number of nitrogens with one attached hydrogen (secondary N) is 1. The molecule has 26 heavy (non-hydrogen) atoms. The van der Waals surface area contributed by atoms with Crippen LogP contribution in [0.25, 0.3) is 10.8 Å². The van der Waals surface area contributed by atoms with Crippen molar-refractivity contribution in [3.63, 3.8) is 0 Å². The first-order valence-electron chi connectivity index (χ1n) is 7.83. The lowest BCUT2D eigenvalue weighted by atomic mass is 9.94. The number of nitro benzene ring substituents is 1. The fourth-order valence-corrected chi connectivity index (χ4v) is 3.30. The SMILES string of the molecule is CC1(C)CC(=O)NN1C(c1cc2ccccc2cc1[N+](=O)[O-])C(F)(F)F. The van der Waals surface area contributed by atoms with Crippen molar-refractivity contribution in [2.75, 3.05) is 0 Å². The Hall–Kier alpha value is -2.68. The number of carbonyl (C=O) groups excluding carboxylic acids is 1. The average Bonchev–Trinajstić information content (AvgIpc) is 2.77. The molecule has 1 heterocycles. The molecule has 1 N–H and O–H groups in total. The summed E-state index contributed by atoms with van der Waals surface area (Å²) in [4.78, 5) is 22.4. The maximum Gasteiger partial charge on any atom is 0.410 e. The summed E-state index contributed by atoms with van der Waals surface area (Å²) in [7, 11) is 0. The van der Waals surface area contributed by atoms with E-state index in [9.17, 15) is 28.1 Å². The molecule has 2 aromatic carbocycles. The number of carbonyl (C=O) groups is 1. The third-order valence-corrected chi connectivity index (χ3v) is 4.45. The largest absolute Gasteiger partial charge is 0.410 e. The Morgan fingerprint density at radius 2 is 1.81 bits per heavy atom. The van der Waals surface area contributed by atoms with Gasteiger partial charge in [0.2, 0.25) is 5.91 Å². The molecule has 138 valence electrons. The van der Waals surface area contributed by atoms with E-state index < -0.39 is 39.8 Å². The Bertz CT molecular complexity index is 896. The molecule has 1 aliphatic rings. The molecule has 1 amide bonds. The van der Waals surface area contributed by atoms with Gasteiger partial charge in [0.15, 0.2) is 6.04 Å². The Morgan fingerprint density at radius 3 is 2.27 bits per heavy atom. The summed E-state index contributed by atoms with van der Waals surface area (Å²) in [5.41, 5.74) is -0.0801. The van der Waals surface area contributed by atoms with Gasteiger partial charge in [-0.2, -0.15) is 18.2 Å². The van der Waals surface area contributed by atoms with E-state index in [2.05, 4.69) is 5.43 Å². The highest BCUT2D eigenvalue weighted by atomic mass is 19.4. The molecule has 1 unspecified atom stereocenters. The summed E-state index contributed by atoms with van der Waals surface area (Å²) in [5, 5.41) is 13.2. The second kappa shape index (κ2) is 5.94. The molecule has 0 aliphatic carbocycles. The van der Waals surface area contributed by atoms with Crippen LogP contribution in [0.3, 0.4) is 0 Å². The van der Waals surface area contributed by atoms with Crippen molar-refractivity contribution in [1.29, 1.82) is 0 Å². The summed E-state index contributed by atoms with van der Waals surface area (Å²) >= 11 is 0. The van der Waals surface area contributed by atoms with Gasteiger partial charge in [0.05, 0.1) is 10.5 Å². The monoisotopic (exact) mass is 367 g/mol. The predicted molar refractivity (Wildman–Crippen MR) is 88.1 cm³/mol. The first-order chi connectivity index (χ1) is 12.0. The van der Waals surface area contributed by atoms with Crippen LogP contribution in [0.5, 0.6) is 0 Å². The molecular weight excluding hydrogens is 351 g/mol. The Kier molecular flexibility index (Phi) is 4.14. The van der Waals surface area contributed by atoms with Crippen molar-refractivity contribution in [3.05, 3.63) is 52.1 Å². The highest BCUT2D eigenvalue weighted by Gasteiger charge is 2.54. The van der Waals surface area contributed by atoms with Gasteiger partial charge in [-0.3, -0.25) is 20.3 Å². The zero-order valence-electron chi connectivity index (χ0n) is 14.0. The number of nitrogens with zero attached hydrogens (tertiary/aromatic N) is 2. The molecule has 0 bridgehead atoms. The van der Waals surface area contributed by atoms with Gasteiger partial charge in [0, 0.05) is 18.0 Å².